The van der Waals surface area contributed by atoms with Crippen LogP contribution in [0.15, 0.2) is 54.6 Å². The third-order valence-electron chi connectivity index (χ3n) is 7.59. The molecule has 6 atom stereocenters. The standard InChI is InChI=1S/C30H34O10/c1-35-25-10-16(4-7-21(25)31)23(33)13-28(34)40-24-9-6-18(12-27(24)37-3)30-20-15-38-29(19(20)14-39-30)17-5-8-22(32)26(11-17)36-2/h4-12,19-20,23,28-34H,13-15H2,1-3H3/t19-,20-,23+,28+,29+,30+/m1/s1. The number of methoxy groups -OCH3 is 3. The number of aromatic hydroxyl groups is 2. The van der Waals surface area contributed by atoms with Crippen LogP contribution in [0, 0.1) is 11.8 Å². The molecule has 3 aromatic carbocycles. The van der Waals surface area contributed by atoms with Crippen molar-refractivity contribution in [2.75, 3.05) is 34.5 Å². The van der Waals surface area contributed by atoms with E-state index in [0.717, 1.165) is 11.1 Å². The van der Waals surface area contributed by atoms with Gasteiger partial charge in [0.1, 0.15) is 0 Å². The molecule has 4 N–H and O–H groups in total. The van der Waals surface area contributed by atoms with Crippen LogP contribution in [0.25, 0.3) is 0 Å². The molecule has 5 rings (SSSR count). The van der Waals surface area contributed by atoms with Crippen LogP contribution in [0.5, 0.6) is 34.5 Å². The summed E-state index contributed by atoms with van der Waals surface area (Å²) in [6, 6.07) is 15.1. The second-order valence-corrected chi connectivity index (χ2v) is 9.93. The number of ether oxygens (including phenoxy) is 6. The molecule has 2 heterocycles. The summed E-state index contributed by atoms with van der Waals surface area (Å²) >= 11 is 0. The molecule has 0 aliphatic carbocycles. The topological polar surface area (TPSA) is 136 Å². The van der Waals surface area contributed by atoms with Gasteiger partial charge < -0.3 is 48.8 Å². The maximum absolute atomic E-state index is 10.6. The molecule has 40 heavy (non-hydrogen) atoms. The van der Waals surface area contributed by atoms with Crippen molar-refractivity contribution < 1.29 is 48.8 Å². The van der Waals surface area contributed by atoms with Crippen LogP contribution in [-0.4, -0.2) is 61.3 Å². The van der Waals surface area contributed by atoms with Crippen LogP contribution in [0.2, 0.25) is 0 Å². The molecule has 0 amide bonds. The predicted octanol–water partition coefficient (Wildman–Crippen LogP) is 4.02. The van der Waals surface area contributed by atoms with Gasteiger partial charge in [0.25, 0.3) is 0 Å². The highest BCUT2D eigenvalue weighted by molar-refractivity contribution is 5.45. The maximum Gasteiger partial charge on any atom is 0.200 e. The molecule has 10 heteroatoms. The highest BCUT2D eigenvalue weighted by atomic mass is 16.6. The second-order valence-electron chi connectivity index (χ2n) is 9.93. The average molecular weight is 555 g/mol. The van der Waals surface area contributed by atoms with E-state index < -0.39 is 12.4 Å². The van der Waals surface area contributed by atoms with Gasteiger partial charge in [-0.3, -0.25) is 0 Å². The Balaban J connectivity index is 1.25. The van der Waals surface area contributed by atoms with E-state index in [2.05, 4.69) is 0 Å². The second kappa shape index (κ2) is 11.8. The molecular weight excluding hydrogens is 520 g/mol. The third kappa shape index (κ3) is 5.48. The first-order chi connectivity index (χ1) is 19.3. The van der Waals surface area contributed by atoms with Crippen molar-refractivity contribution in [1.82, 2.24) is 0 Å². The molecule has 0 spiro atoms. The van der Waals surface area contributed by atoms with Crippen LogP contribution in [-0.2, 0) is 9.47 Å². The molecular formula is C30H34O10. The van der Waals surface area contributed by atoms with E-state index >= 15 is 0 Å². The molecule has 0 radical (unpaired) electrons. The first-order valence-corrected chi connectivity index (χ1v) is 13.0. The zero-order chi connectivity index (χ0) is 28.4. The lowest BCUT2D eigenvalue weighted by atomic mass is 9.85. The average Bonchev–Trinajstić information content (AvgIpc) is 3.56. The van der Waals surface area contributed by atoms with Crippen LogP contribution >= 0.6 is 0 Å². The molecule has 10 nitrogen and oxygen atoms in total. The Morgan fingerprint density at radius 1 is 0.700 bits per heavy atom. The Kier molecular flexibility index (Phi) is 8.22. The van der Waals surface area contributed by atoms with Crippen molar-refractivity contribution in [2.24, 2.45) is 11.8 Å². The largest absolute Gasteiger partial charge is 0.504 e. The number of phenols is 2. The van der Waals surface area contributed by atoms with Crippen LogP contribution < -0.4 is 18.9 Å². The summed E-state index contributed by atoms with van der Waals surface area (Å²) in [5, 5.41) is 40.8. The molecule has 2 saturated heterocycles. The van der Waals surface area contributed by atoms with Gasteiger partial charge in [-0.15, -0.1) is 0 Å². The van der Waals surface area contributed by atoms with Gasteiger partial charge in [-0.1, -0.05) is 18.2 Å². The van der Waals surface area contributed by atoms with Gasteiger partial charge >= 0.3 is 0 Å². The summed E-state index contributed by atoms with van der Waals surface area (Å²) in [4.78, 5) is 0. The number of hydrogen-bond acceptors (Lipinski definition) is 10. The molecule has 2 aliphatic heterocycles. The molecule has 2 aliphatic rings. The van der Waals surface area contributed by atoms with Crippen LogP contribution in [0.3, 0.4) is 0 Å². The minimum atomic E-state index is -1.33. The summed E-state index contributed by atoms with van der Waals surface area (Å²) in [7, 11) is 4.45. The van der Waals surface area contributed by atoms with E-state index in [0.29, 0.717) is 36.0 Å². The van der Waals surface area contributed by atoms with Gasteiger partial charge in [-0.2, -0.15) is 0 Å². The number of aliphatic hydroxyl groups excluding tert-OH is 2. The van der Waals surface area contributed by atoms with Crippen molar-refractivity contribution in [3.05, 3.63) is 71.3 Å². The Morgan fingerprint density at radius 2 is 1.23 bits per heavy atom. The van der Waals surface area contributed by atoms with Crippen molar-refractivity contribution in [3.8, 4) is 34.5 Å². The minimum absolute atomic E-state index is 0.0436. The molecule has 214 valence electrons. The van der Waals surface area contributed by atoms with Crippen molar-refractivity contribution >= 4 is 0 Å². The van der Waals surface area contributed by atoms with Gasteiger partial charge in [0, 0.05) is 18.3 Å². The fraction of sp³-hybridized carbons (Fsp3) is 0.400. The fourth-order valence-corrected chi connectivity index (χ4v) is 5.49. The molecule has 0 bridgehead atoms. The zero-order valence-electron chi connectivity index (χ0n) is 22.5. The number of phenolic OH excluding ortho intramolecular Hbond substituents is 2. The minimum Gasteiger partial charge on any atom is -0.504 e. The lowest BCUT2D eigenvalue weighted by Gasteiger charge is -2.21. The van der Waals surface area contributed by atoms with Crippen molar-refractivity contribution in [1.29, 1.82) is 0 Å². The summed E-state index contributed by atoms with van der Waals surface area (Å²) in [6.45, 7) is 1.03. The number of rotatable bonds is 10. The third-order valence-corrected chi connectivity index (χ3v) is 7.59. The molecule has 3 aromatic rings. The lowest BCUT2D eigenvalue weighted by Crippen LogP contribution is -2.20. The first kappa shape index (κ1) is 27.9. The van der Waals surface area contributed by atoms with Gasteiger partial charge in [-0.25, -0.2) is 0 Å². The van der Waals surface area contributed by atoms with Crippen LogP contribution in [0.4, 0.5) is 0 Å². The summed E-state index contributed by atoms with van der Waals surface area (Å²) in [6.07, 6.45) is -2.89. The number of hydrogen-bond donors (Lipinski definition) is 4. The van der Waals surface area contributed by atoms with Gasteiger partial charge in [-0.05, 0) is 53.1 Å². The van der Waals surface area contributed by atoms with E-state index in [-0.39, 0.29) is 47.7 Å². The molecule has 0 unspecified atom stereocenters. The van der Waals surface area contributed by atoms with Gasteiger partial charge in [0.2, 0.25) is 0 Å². The smallest absolute Gasteiger partial charge is 0.200 e. The number of fused-ring (bicyclic) bond motifs is 1. The Bertz CT molecular complexity index is 1330. The quantitative estimate of drug-likeness (QED) is 0.272. The molecule has 0 aromatic heterocycles. The maximum atomic E-state index is 10.6. The highest BCUT2D eigenvalue weighted by Gasteiger charge is 2.48. The molecule has 0 saturated carbocycles. The normalized spacial score (nSPS) is 23.3. The SMILES string of the molecule is COc1cc([C@@H](O)C[C@@H](O)Oc2ccc([C@@H]3OC[C@@H]4[C@H]3CO[C@H]4c3ccc(O)c(OC)c3)cc2OC)ccc1O. The van der Waals surface area contributed by atoms with Crippen LogP contribution in [0.1, 0.15) is 41.4 Å². The van der Waals surface area contributed by atoms with Crippen molar-refractivity contribution in [3.63, 3.8) is 0 Å². The highest BCUT2D eigenvalue weighted by Crippen LogP contribution is 2.51. The van der Waals surface area contributed by atoms with Gasteiger partial charge in [0.15, 0.2) is 40.8 Å². The van der Waals surface area contributed by atoms with Gasteiger partial charge in [0.05, 0.1) is 52.9 Å². The number of aliphatic hydroxyl groups is 2. The summed E-state index contributed by atoms with van der Waals surface area (Å²) in [5.74, 6) is 1.64. The predicted molar refractivity (Wildman–Crippen MR) is 143 cm³/mol. The lowest BCUT2D eigenvalue weighted by molar-refractivity contribution is -0.0522. The van der Waals surface area contributed by atoms with E-state index in [1.165, 1.54) is 33.5 Å². The van der Waals surface area contributed by atoms with E-state index in [4.69, 9.17) is 28.4 Å². The monoisotopic (exact) mass is 554 g/mol. The fourth-order valence-electron chi connectivity index (χ4n) is 5.49. The van der Waals surface area contributed by atoms with E-state index in [1.807, 2.05) is 18.2 Å². The Hall–Kier alpha value is -3.70. The summed E-state index contributed by atoms with van der Waals surface area (Å²) < 4.78 is 34.0. The summed E-state index contributed by atoms with van der Waals surface area (Å²) in [5.41, 5.74) is 2.29. The van der Waals surface area contributed by atoms with Crippen molar-refractivity contribution in [2.45, 2.75) is 31.0 Å². The Morgan fingerprint density at radius 3 is 1.82 bits per heavy atom. The zero-order valence-corrected chi connectivity index (χ0v) is 22.5. The van der Waals surface area contributed by atoms with E-state index in [9.17, 15) is 20.4 Å². The Labute approximate surface area is 232 Å². The molecule has 2 fully saturated rings. The first-order valence-electron chi connectivity index (χ1n) is 13.0. The van der Waals surface area contributed by atoms with E-state index in [1.54, 1.807) is 24.3 Å². The number of benzene rings is 3.